The number of rotatable bonds is 3. The molecule has 2 atom stereocenters. The Morgan fingerprint density at radius 2 is 1.62 bits per heavy atom. The van der Waals surface area contributed by atoms with Crippen molar-refractivity contribution in [2.24, 2.45) is 5.73 Å². The van der Waals surface area contributed by atoms with Crippen molar-refractivity contribution < 1.29 is 15.0 Å². The van der Waals surface area contributed by atoms with Gasteiger partial charge in [-0.1, -0.05) is 34.8 Å². The predicted octanol–water partition coefficient (Wildman–Crippen LogP) is 1.53. The molecule has 0 aliphatic heterocycles. The van der Waals surface area contributed by atoms with E-state index in [9.17, 15) is 15.0 Å². The highest BCUT2D eigenvalue weighted by Gasteiger charge is 2.24. The largest absolute Gasteiger partial charge is 0.385 e. The van der Waals surface area contributed by atoms with Crippen LogP contribution in [-0.4, -0.2) is 22.2 Å². The Labute approximate surface area is 107 Å². The average molecular weight is 285 g/mol. The maximum atomic E-state index is 10.7. The second-order valence-electron chi connectivity index (χ2n) is 3.09. The Hall–Kier alpha value is -0.520. The average Bonchev–Trinajstić information content (AvgIpc) is 2.22. The lowest BCUT2D eigenvalue weighted by Crippen LogP contribution is -2.33. The normalized spacial score (nSPS) is 14.6. The lowest BCUT2D eigenvalue weighted by molar-refractivity contribution is -0.131. The van der Waals surface area contributed by atoms with Gasteiger partial charge >= 0.3 is 0 Å². The van der Waals surface area contributed by atoms with E-state index in [1.165, 1.54) is 12.1 Å². The first-order valence-corrected chi connectivity index (χ1v) is 5.28. The van der Waals surface area contributed by atoms with E-state index in [-0.39, 0.29) is 20.6 Å². The molecule has 0 fully saturated rings. The molecular weight excluding hydrogens is 276 g/mol. The summed E-state index contributed by atoms with van der Waals surface area (Å²) in [5, 5.41) is 19.2. The van der Waals surface area contributed by atoms with E-state index in [0.717, 1.165) is 0 Å². The van der Waals surface area contributed by atoms with Crippen LogP contribution in [0.15, 0.2) is 12.1 Å². The van der Waals surface area contributed by atoms with Gasteiger partial charge in [0.25, 0.3) is 0 Å². The van der Waals surface area contributed by atoms with Gasteiger partial charge < -0.3 is 15.9 Å². The molecule has 1 amide bonds. The standard InChI is InChI=1S/C9H8Cl3NO3/c10-4-1-3(2-5(11)6(4)12)7(14)8(15)9(13)16/h1-2,7-8,14-15H,(H2,13,16). The minimum atomic E-state index is -1.73. The molecule has 0 bridgehead atoms. The Morgan fingerprint density at radius 1 is 1.19 bits per heavy atom. The minimum Gasteiger partial charge on any atom is -0.385 e. The summed E-state index contributed by atoms with van der Waals surface area (Å²) in [6.45, 7) is 0. The quantitative estimate of drug-likeness (QED) is 0.736. The van der Waals surface area contributed by atoms with Crippen LogP contribution in [-0.2, 0) is 4.79 Å². The fourth-order valence-corrected chi connectivity index (χ4v) is 1.70. The summed E-state index contributed by atoms with van der Waals surface area (Å²) in [6.07, 6.45) is -3.22. The molecule has 0 aromatic heterocycles. The number of nitrogens with two attached hydrogens (primary N) is 1. The Kier molecular flexibility index (Phi) is 4.41. The minimum absolute atomic E-state index is 0.111. The number of benzene rings is 1. The number of carbonyl (C=O) groups excluding carboxylic acids is 1. The van der Waals surface area contributed by atoms with E-state index >= 15 is 0 Å². The third kappa shape index (κ3) is 2.78. The maximum Gasteiger partial charge on any atom is 0.249 e. The highest BCUT2D eigenvalue weighted by Crippen LogP contribution is 2.33. The van der Waals surface area contributed by atoms with Crippen LogP contribution in [0.1, 0.15) is 11.7 Å². The number of hydrogen-bond donors (Lipinski definition) is 3. The van der Waals surface area contributed by atoms with Crippen molar-refractivity contribution in [2.45, 2.75) is 12.2 Å². The summed E-state index contributed by atoms with van der Waals surface area (Å²) in [5.41, 5.74) is 5.00. The van der Waals surface area contributed by atoms with Crippen molar-refractivity contribution in [3.8, 4) is 0 Å². The van der Waals surface area contributed by atoms with Gasteiger partial charge in [-0.2, -0.15) is 0 Å². The molecular formula is C9H8Cl3NO3. The second kappa shape index (κ2) is 5.21. The van der Waals surface area contributed by atoms with E-state index in [1.54, 1.807) is 0 Å². The van der Waals surface area contributed by atoms with Gasteiger partial charge in [-0.3, -0.25) is 4.79 Å². The fraction of sp³-hybridized carbons (Fsp3) is 0.222. The lowest BCUT2D eigenvalue weighted by Gasteiger charge is -2.16. The molecule has 4 N–H and O–H groups in total. The van der Waals surface area contributed by atoms with Gasteiger partial charge in [-0.05, 0) is 17.7 Å². The number of aliphatic hydroxyl groups excluding tert-OH is 2. The second-order valence-corrected chi connectivity index (χ2v) is 4.28. The van der Waals surface area contributed by atoms with E-state index in [0.29, 0.717) is 0 Å². The molecule has 0 saturated heterocycles. The first-order valence-electron chi connectivity index (χ1n) is 4.14. The molecule has 88 valence electrons. The van der Waals surface area contributed by atoms with Crippen molar-refractivity contribution in [1.29, 1.82) is 0 Å². The number of primary amides is 1. The summed E-state index contributed by atoms with van der Waals surface area (Å²) in [6, 6.07) is 2.60. The third-order valence-electron chi connectivity index (χ3n) is 1.94. The molecule has 0 heterocycles. The first-order chi connectivity index (χ1) is 7.34. The molecule has 4 nitrogen and oxygen atoms in total. The molecule has 0 saturated carbocycles. The van der Waals surface area contributed by atoms with Gasteiger partial charge in [-0.25, -0.2) is 0 Å². The van der Waals surface area contributed by atoms with E-state index < -0.39 is 18.1 Å². The molecule has 0 spiro atoms. The van der Waals surface area contributed by atoms with Crippen LogP contribution < -0.4 is 5.73 Å². The molecule has 2 unspecified atom stereocenters. The van der Waals surface area contributed by atoms with Crippen LogP contribution in [0.5, 0.6) is 0 Å². The smallest absolute Gasteiger partial charge is 0.249 e. The zero-order valence-corrected chi connectivity index (χ0v) is 10.1. The molecule has 0 radical (unpaired) electrons. The van der Waals surface area contributed by atoms with Crippen LogP contribution >= 0.6 is 34.8 Å². The topological polar surface area (TPSA) is 83.6 Å². The number of aliphatic hydroxyl groups is 2. The molecule has 16 heavy (non-hydrogen) atoms. The number of carbonyl (C=O) groups is 1. The van der Waals surface area contributed by atoms with Crippen LogP contribution in [0, 0.1) is 0 Å². The van der Waals surface area contributed by atoms with E-state index in [4.69, 9.17) is 40.5 Å². The highest BCUT2D eigenvalue weighted by molar-refractivity contribution is 6.48. The van der Waals surface area contributed by atoms with Crippen molar-refractivity contribution >= 4 is 40.7 Å². The molecule has 1 rings (SSSR count). The zero-order valence-electron chi connectivity index (χ0n) is 7.82. The van der Waals surface area contributed by atoms with Crippen molar-refractivity contribution in [3.63, 3.8) is 0 Å². The highest BCUT2D eigenvalue weighted by atomic mass is 35.5. The van der Waals surface area contributed by atoms with Gasteiger partial charge in [0.1, 0.15) is 6.10 Å². The van der Waals surface area contributed by atoms with Gasteiger partial charge in [-0.15, -0.1) is 0 Å². The fourth-order valence-electron chi connectivity index (χ4n) is 1.08. The van der Waals surface area contributed by atoms with E-state index in [2.05, 4.69) is 0 Å². The Bertz CT molecular complexity index is 401. The van der Waals surface area contributed by atoms with Crippen molar-refractivity contribution in [3.05, 3.63) is 32.8 Å². The summed E-state index contributed by atoms with van der Waals surface area (Å²) in [7, 11) is 0. The zero-order chi connectivity index (χ0) is 12.5. The number of hydrogen-bond acceptors (Lipinski definition) is 3. The summed E-state index contributed by atoms with van der Waals surface area (Å²) < 4.78 is 0. The first kappa shape index (κ1) is 13.5. The summed E-state index contributed by atoms with van der Waals surface area (Å²) >= 11 is 17.1. The maximum absolute atomic E-state index is 10.7. The lowest BCUT2D eigenvalue weighted by atomic mass is 10.0. The van der Waals surface area contributed by atoms with Gasteiger partial charge in [0.15, 0.2) is 6.10 Å². The Balaban J connectivity index is 3.10. The van der Waals surface area contributed by atoms with Gasteiger partial charge in [0, 0.05) is 0 Å². The monoisotopic (exact) mass is 283 g/mol. The molecule has 0 aliphatic rings. The molecule has 1 aromatic rings. The van der Waals surface area contributed by atoms with Crippen LogP contribution in [0.2, 0.25) is 15.1 Å². The molecule has 7 heteroatoms. The number of amides is 1. The van der Waals surface area contributed by atoms with Gasteiger partial charge in [0.05, 0.1) is 15.1 Å². The Morgan fingerprint density at radius 3 is 2.00 bits per heavy atom. The van der Waals surface area contributed by atoms with E-state index in [1.807, 2.05) is 0 Å². The van der Waals surface area contributed by atoms with Crippen LogP contribution in [0.4, 0.5) is 0 Å². The van der Waals surface area contributed by atoms with Gasteiger partial charge in [0.2, 0.25) is 5.91 Å². The summed E-state index contributed by atoms with van der Waals surface area (Å²) in [5.74, 6) is -1.05. The van der Waals surface area contributed by atoms with Crippen molar-refractivity contribution in [2.75, 3.05) is 0 Å². The third-order valence-corrected chi connectivity index (χ3v) is 3.14. The molecule has 0 aliphatic carbocycles. The molecule has 1 aromatic carbocycles. The number of halogens is 3. The summed E-state index contributed by atoms with van der Waals surface area (Å²) in [4.78, 5) is 10.7. The van der Waals surface area contributed by atoms with Crippen LogP contribution in [0.3, 0.4) is 0 Å². The SMILES string of the molecule is NC(=O)C(O)C(O)c1cc(Cl)c(Cl)c(Cl)c1. The van der Waals surface area contributed by atoms with Crippen LogP contribution in [0.25, 0.3) is 0 Å². The van der Waals surface area contributed by atoms with Crippen molar-refractivity contribution in [1.82, 2.24) is 0 Å². The predicted molar refractivity (Wildman–Crippen MR) is 61.6 cm³/mol.